The first kappa shape index (κ1) is 10.9. The Morgan fingerprint density at radius 1 is 1.19 bits per heavy atom. The van der Waals surface area contributed by atoms with Gasteiger partial charge in [0.15, 0.2) is 5.75 Å². The average Bonchev–Trinajstić information content (AvgIpc) is 2.26. The summed E-state index contributed by atoms with van der Waals surface area (Å²) in [6, 6.07) is 5.70. The Bertz CT molecular complexity index is 482. The molecule has 0 bridgehead atoms. The van der Waals surface area contributed by atoms with E-state index < -0.39 is 0 Å². The lowest BCUT2D eigenvalue weighted by atomic mass is 10.3. The number of aromatic nitrogens is 1. The maximum atomic E-state index is 12.7. The second-order valence-electron chi connectivity index (χ2n) is 3.10. The van der Waals surface area contributed by atoms with Crippen molar-refractivity contribution in [1.82, 2.24) is 4.98 Å². The summed E-state index contributed by atoms with van der Waals surface area (Å²) in [5.74, 6) is 0.677. The summed E-state index contributed by atoms with van der Waals surface area (Å²) in [5.41, 5.74) is 6.12. The van der Waals surface area contributed by atoms with E-state index in [1.54, 1.807) is 6.20 Å². The fourth-order valence-corrected chi connectivity index (χ4v) is 1.59. The number of benzene rings is 1. The Balaban J connectivity index is 2.30. The summed E-state index contributed by atoms with van der Waals surface area (Å²) < 4.78 is 18.9. The van der Waals surface area contributed by atoms with Crippen LogP contribution in [0.25, 0.3) is 0 Å². The molecule has 0 spiro atoms. The lowest BCUT2D eigenvalue weighted by Gasteiger charge is -2.09. The van der Waals surface area contributed by atoms with E-state index >= 15 is 0 Å². The van der Waals surface area contributed by atoms with Crippen molar-refractivity contribution >= 4 is 21.6 Å². The summed E-state index contributed by atoms with van der Waals surface area (Å²) in [6.07, 6.45) is 3.07. The molecule has 0 radical (unpaired) electrons. The van der Waals surface area contributed by atoms with Gasteiger partial charge in [0.1, 0.15) is 11.6 Å². The Morgan fingerprint density at radius 2 is 1.88 bits per heavy atom. The van der Waals surface area contributed by atoms with Crippen LogP contribution < -0.4 is 10.5 Å². The summed E-state index contributed by atoms with van der Waals surface area (Å²) >= 11 is 3.28. The van der Waals surface area contributed by atoms with Crippen molar-refractivity contribution in [2.45, 2.75) is 0 Å². The highest BCUT2D eigenvalue weighted by Crippen LogP contribution is 2.33. The van der Waals surface area contributed by atoms with Gasteiger partial charge in [-0.1, -0.05) is 0 Å². The van der Waals surface area contributed by atoms with Crippen LogP contribution in [0.2, 0.25) is 0 Å². The molecule has 0 saturated carbocycles. The zero-order valence-electron chi connectivity index (χ0n) is 8.15. The highest BCUT2D eigenvalue weighted by molar-refractivity contribution is 9.10. The number of rotatable bonds is 2. The molecular formula is C11H8BrFN2O. The topological polar surface area (TPSA) is 48.1 Å². The van der Waals surface area contributed by atoms with Crippen LogP contribution in [0.15, 0.2) is 41.1 Å². The molecular weight excluding hydrogens is 275 g/mol. The molecule has 2 rings (SSSR count). The van der Waals surface area contributed by atoms with Gasteiger partial charge in [0.25, 0.3) is 0 Å². The van der Waals surface area contributed by atoms with Crippen LogP contribution in [0.1, 0.15) is 0 Å². The minimum Gasteiger partial charge on any atom is -0.454 e. The van der Waals surface area contributed by atoms with Crippen LogP contribution in [0.3, 0.4) is 0 Å². The van der Waals surface area contributed by atoms with Crippen molar-refractivity contribution in [3.8, 4) is 11.5 Å². The monoisotopic (exact) mass is 282 g/mol. The van der Waals surface area contributed by atoms with Crippen molar-refractivity contribution in [2.24, 2.45) is 0 Å². The van der Waals surface area contributed by atoms with Crippen LogP contribution in [-0.4, -0.2) is 4.98 Å². The van der Waals surface area contributed by atoms with Gasteiger partial charge in [0.2, 0.25) is 0 Å². The minimum absolute atomic E-state index is 0.311. The first-order valence-corrected chi connectivity index (χ1v) is 5.28. The third kappa shape index (κ3) is 2.30. The molecule has 16 heavy (non-hydrogen) atoms. The average molecular weight is 283 g/mol. The Morgan fingerprint density at radius 3 is 2.50 bits per heavy atom. The van der Waals surface area contributed by atoms with E-state index in [0.29, 0.717) is 21.7 Å². The molecule has 1 aromatic heterocycles. The van der Waals surface area contributed by atoms with Crippen molar-refractivity contribution < 1.29 is 9.13 Å². The predicted molar refractivity (Wildman–Crippen MR) is 62.8 cm³/mol. The number of ether oxygens (including phenoxy) is 1. The van der Waals surface area contributed by atoms with Gasteiger partial charge in [-0.05, 0) is 40.2 Å². The lowest BCUT2D eigenvalue weighted by molar-refractivity contribution is 0.479. The van der Waals surface area contributed by atoms with E-state index in [4.69, 9.17) is 10.5 Å². The molecule has 0 atom stereocenters. The van der Waals surface area contributed by atoms with Gasteiger partial charge in [-0.2, -0.15) is 0 Å². The van der Waals surface area contributed by atoms with Gasteiger partial charge < -0.3 is 10.5 Å². The number of pyridine rings is 1. The fourth-order valence-electron chi connectivity index (χ4n) is 1.17. The number of anilines is 1. The smallest absolute Gasteiger partial charge is 0.167 e. The fraction of sp³-hybridized carbons (Fsp3) is 0. The minimum atomic E-state index is -0.311. The van der Waals surface area contributed by atoms with Crippen molar-refractivity contribution in [3.63, 3.8) is 0 Å². The predicted octanol–water partition coefficient (Wildman–Crippen LogP) is 3.36. The SMILES string of the molecule is Nc1cncc(Br)c1Oc1ccc(F)cc1. The highest BCUT2D eigenvalue weighted by atomic mass is 79.9. The van der Waals surface area contributed by atoms with E-state index in [0.717, 1.165) is 0 Å². The van der Waals surface area contributed by atoms with Crippen LogP contribution in [0, 0.1) is 5.82 Å². The van der Waals surface area contributed by atoms with E-state index in [9.17, 15) is 4.39 Å². The number of nitrogens with two attached hydrogens (primary N) is 1. The largest absolute Gasteiger partial charge is 0.454 e. The van der Waals surface area contributed by atoms with Gasteiger partial charge in [0.05, 0.1) is 16.4 Å². The molecule has 0 amide bonds. The zero-order chi connectivity index (χ0) is 11.5. The van der Waals surface area contributed by atoms with Crippen LogP contribution in [0.5, 0.6) is 11.5 Å². The summed E-state index contributed by atoms with van der Waals surface area (Å²) in [7, 11) is 0. The van der Waals surface area contributed by atoms with Crippen molar-refractivity contribution in [2.75, 3.05) is 5.73 Å². The quantitative estimate of drug-likeness (QED) is 0.919. The third-order valence-corrected chi connectivity index (χ3v) is 2.48. The molecule has 0 fully saturated rings. The van der Waals surface area contributed by atoms with Gasteiger partial charge >= 0.3 is 0 Å². The summed E-state index contributed by atoms with van der Waals surface area (Å²) in [6.45, 7) is 0. The van der Waals surface area contributed by atoms with Gasteiger partial charge in [0, 0.05) is 6.20 Å². The molecule has 5 heteroatoms. The van der Waals surface area contributed by atoms with E-state index in [2.05, 4.69) is 20.9 Å². The number of nitrogens with zero attached hydrogens (tertiary/aromatic N) is 1. The summed E-state index contributed by atoms with van der Waals surface area (Å²) in [5, 5.41) is 0. The maximum Gasteiger partial charge on any atom is 0.167 e. The van der Waals surface area contributed by atoms with Crippen LogP contribution in [0.4, 0.5) is 10.1 Å². The molecule has 82 valence electrons. The molecule has 0 saturated heterocycles. The van der Waals surface area contributed by atoms with Crippen molar-refractivity contribution in [1.29, 1.82) is 0 Å². The maximum absolute atomic E-state index is 12.7. The van der Waals surface area contributed by atoms with Gasteiger partial charge in [-0.25, -0.2) is 4.39 Å². The second-order valence-corrected chi connectivity index (χ2v) is 3.95. The van der Waals surface area contributed by atoms with E-state index in [1.165, 1.54) is 30.5 Å². The standard InChI is InChI=1S/C11H8BrFN2O/c12-9-5-15-6-10(14)11(9)16-8-3-1-7(13)2-4-8/h1-6H,14H2. The molecule has 2 aromatic rings. The molecule has 1 aromatic carbocycles. The Kier molecular flexibility index (Phi) is 3.05. The normalized spacial score (nSPS) is 10.1. The molecule has 0 aliphatic heterocycles. The number of halogens is 2. The van der Waals surface area contributed by atoms with Gasteiger partial charge in [-0.15, -0.1) is 0 Å². The second kappa shape index (κ2) is 4.49. The Labute approximate surface area is 100 Å². The molecule has 0 aliphatic rings. The number of hydrogen-bond donors (Lipinski definition) is 1. The van der Waals surface area contributed by atoms with E-state index in [1.807, 2.05) is 0 Å². The third-order valence-electron chi connectivity index (χ3n) is 1.91. The Hall–Kier alpha value is -1.62. The van der Waals surface area contributed by atoms with E-state index in [-0.39, 0.29) is 5.82 Å². The number of nitrogen functional groups attached to an aromatic ring is 1. The molecule has 0 unspecified atom stereocenters. The van der Waals surface area contributed by atoms with Crippen LogP contribution >= 0.6 is 15.9 Å². The first-order valence-electron chi connectivity index (χ1n) is 4.49. The molecule has 2 N–H and O–H groups in total. The first-order chi connectivity index (χ1) is 7.66. The van der Waals surface area contributed by atoms with Crippen molar-refractivity contribution in [3.05, 3.63) is 46.9 Å². The molecule has 3 nitrogen and oxygen atoms in total. The highest BCUT2D eigenvalue weighted by Gasteiger charge is 2.07. The molecule has 0 aliphatic carbocycles. The van der Waals surface area contributed by atoms with Crippen LogP contribution in [-0.2, 0) is 0 Å². The lowest BCUT2D eigenvalue weighted by Crippen LogP contribution is -1.94. The zero-order valence-corrected chi connectivity index (χ0v) is 9.74. The molecule has 1 heterocycles. The summed E-state index contributed by atoms with van der Waals surface area (Å²) in [4.78, 5) is 3.89. The van der Waals surface area contributed by atoms with Gasteiger partial charge in [-0.3, -0.25) is 4.98 Å². The number of hydrogen-bond acceptors (Lipinski definition) is 3.